The van der Waals surface area contributed by atoms with E-state index < -0.39 is 0 Å². The second-order valence-electron chi connectivity index (χ2n) is 3.46. The largest absolute Gasteiger partial charge is 0.207 e. The fourth-order valence-electron chi connectivity index (χ4n) is 1.53. The van der Waals surface area contributed by atoms with Gasteiger partial charge < -0.3 is 0 Å². The molecule has 2 aromatic rings. The highest BCUT2D eigenvalue weighted by Gasteiger charge is 2.09. The van der Waals surface area contributed by atoms with Gasteiger partial charge >= 0.3 is 0 Å². The third-order valence-electron chi connectivity index (χ3n) is 2.35. The third-order valence-corrected chi connectivity index (χ3v) is 3.01. The summed E-state index contributed by atoms with van der Waals surface area (Å²) in [6.45, 7) is 0. The van der Waals surface area contributed by atoms with Crippen LogP contribution in [0.25, 0.3) is 11.1 Å². The summed E-state index contributed by atoms with van der Waals surface area (Å²) >= 11 is 12.1. The van der Waals surface area contributed by atoms with Crippen molar-refractivity contribution < 1.29 is 4.39 Å². The fraction of sp³-hybridized carbons (Fsp3) is 0. The molecule has 0 unspecified atom stereocenters. The molecule has 0 aliphatic carbocycles. The minimum atomic E-state index is -0.369. The smallest absolute Gasteiger partial charge is 0.123 e. The minimum Gasteiger partial charge on any atom is -0.207 e. The van der Waals surface area contributed by atoms with E-state index in [9.17, 15) is 4.39 Å². The Morgan fingerprint density at radius 1 is 0.941 bits per heavy atom. The summed E-state index contributed by atoms with van der Waals surface area (Å²) in [6.07, 6.45) is 5.31. The van der Waals surface area contributed by atoms with Gasteiger partial charge in [0.15, 0.2) is 0 Å². The van der Waals surface area contributed by atoms with Crippen LogP contribution in [0.3, 0.4) is 0 Å². The van der Waals surface area contributed by atoms with Crippen LogP contribution in [0.15, 0.2) is 36.4 Å². The zero-order valence-electron chi connectivity index (χ0n) is 8.68. The molecule has 3 heteroatoms. The lowest BCUT2D eigenvalue weighted by Gasteiger charge is -2.07. The molecule has 0 amide bonds. The molecular formula is C14H7Cl2F. The normalized spacial score (nSPS) is 10.0. The van der Waals surface area contributed by atoms with Gasteiger partial charge in [-0.05, 0) is 36.4 Å². The molecule has 0 atom stereocenters. The highest BCUT2D eigenvalue weighted by atomic mass is 35.5. The zero-order valence-corrected chi connectivity index (χ0v) is 10.2. The summed E-state index contributed by atoms with van der Waals surface area (Å²) in [4.78, 5) is 0. The molecule has 2 aromatic carbocycles. The molecule has 0 heterocycles. The summed E-state index contributed by atoms with van der Waals surface area (Å²) in [5.74, 6) is 2.13. The average molecular weight is 265 g/mol. The minimum absolute atomic E-state index is 0.369. The van der Waals surface area contributed by atoms with Crippen LogP contribution in [0, 0.1) is 18.2 Å². The first-order valence-corrected chi connectivity index (χ1v) is 5.59. The zero-order chi connectivity index (χ0) is 12.4. The Morgan fingerprint density at radius 2 is 1.53 bits per heavy atom. The summed E-state index contributed by atoms with van der Waals surface area (Å²) in [5.41, 5.74) is 1.84. The van der Waals surface area contributed by atoms with Crippen LogP contribution in [-0.4, -0.2) is 0 Å². The van der Waals surface area contributed by atoms with Gasteiger partial charge in [-0.1, -0.05) is 29.1 Å². The second-order valence-corrected chi connectivity index (χ2v) is 4.28. The third kappa shape index (κ3) is 2.44. The van der Waals surface area contributed by atoms with E-state index in [2.05, 4.69) is 5.92 Å². The Kier molecular flexibility index (Phi) is 3.38. The molecule has 84 valence electrons. The van der Waals surface area contributed by atoms with E-state index in [1.165, 1.54) is 18.2 Å². The number of rotatable bonds is 1. The molecule has 17 heavy (non-hydrogen) atoms. The summed E-state index contributed by atoms with van der Waals surface area (Å²) in [6, 6.07) is 9.23. The molecule has 0 aliphatic rings. The Balaban J connectivity index is 2.68. The first-order chi connectivity index (χ1) is 8.11. The Labute approximate surface area is 109 Å². The number of terminal acetylenes is 1. The van der Waals surface area contributed by atoms with Crippen LogP contribution in [0.4, 0.5) is 4.39 Å². The molecule has 0 nitrogen and oxygen atoms in total. The van der Waals surface area contributed by atoms with Crippen molar-refractivity contribution in [1.82, 2.24) is 0 Å². The van der Waals surface area contributed by atoms with E-state index in [4.69, 9.17) is 29.6 Å². The first-order valence-electron chi connectivity index (χ1n) is 4.83. The van der Waals surface area contributed by atoms with Crippen molar-refractivity contribution in [2.75, 3.05) is 0 Å². The molecule has 0 aromatic heterocycles. The van der Waals surface area contributed by atoms with Crippen molar-refractivity contribution >= 4 is 23.2 Å². The number of hydrogen-bond acceptors (Lipinski definition) is 0. The van der Waals surface area contributed by atoms with Crippen LogP contribution in [0.2, 0.25) is 10.0 Å². The van der Waals surface area contributed by atoms with Crippen molar-refractivity contribution in [3.8, 4) is 23.5 Å². The van der Waals surface area contributed by atoms with Gasteiger partial charge in [0.25, 0.3) is 0 Å². The van der Waals surface area contributed by atoms with Crippen LogP contribution >= 0.6 is 23.2 Å². The van der Waals surface area contributed by atoms with E-state index in [0.29, 0.717) is 26.7 Å². The van der Waals surface area contributed by atoms with Gasteiger partial charge in [-0.3, -0.25) is 0 Å². The Hall–Kier alpha value is -1.49. The van der Waals surface area contributed by atoms with Crippen molar-refractivity contribution in [3.63, 3.8) is 0 Å². The lowest BCUT2D eigenvalue weighted by Crippen LogP contribution is -1.85. The molecule has 0 saturated heterocycles. The SMILES string of the molecule is C#Cc1ccc(Cl)c(-c2cc(F)ccc2Cl)c1. The topological polar surface area (TPSA) is 0 Å². The van der Waals surface area contributed by atoms with Crippen molar-refractivity contribution in [3.05, 3.63) is 57.8 Å². The van der Waals surface area contributed by atoms with E-state index in [0.717, 1.165) is 0 Å². The van der Waals surface area contributed by atoms with Crippen molar-refractivity contribution in [2.24, 2.45) is 0 Å². The van der Waals surface area contributed by atoms with Crippen molar-refractivity contribution in [2.45, 2.75) is 0 Å². The number of halogens is 3. The summed E-state index contributed by atoms with van der Waals surface area (Å²) in [5, 5.41) is 0.916. The molecule has 0 aliphatic heterocycles. The molecule has 0 spiro atoms. The maximum Gasteiger partial charge on any atom is 0.123 e. The van der Waals surface area contributed by atoms with Crippen LogP contribution < -0.4 is 0 Å². The standard InChI is InChI=1S/C14H7Cl2F/c1-2-9-3-5-13(15)11(7-9)12-8-10(17)4-6-14(12)16/h1,3-8H. The molecule has 0 bridgehead atoms. The van der Waals surface area contributed by atoms with E-state index in [1.807, 2.05) is 0 Å². The predicted molar refractivity (Wildman–Crippen MR) is 69.8 cm³/mol. The van der Waals surface area contributed by atoms with Gasteiger partial charge in [-0.15, -0.1) is 6.42 Å². The van der Waals surface area contributed by atoms with Gasteiger partial charge in [0.05, 0.1) is 0 Å². The van der Waals surface area contributed by atoms with Gasteiger partial charge in [0, 0.05) is 26.7 Å². The molecule has 0 saturated carbocycles. The fourth-order valence-corrected chi connectivity index (χ4v) is 1.96. The highest BCUT2D eigenvalue weighted by molar-refractivity contribution is 6.36. The van der Waals surface area contributed by atoms with Gasteiger partial charge in [0.2, 0.25) is 0 Å². The van der Waals surface area contributed by atoms with E-state index in [1.54, 1.807) is 18.2 Å². The maximum atomic E-state index is 13.2. The van der Waals surface area contributed by atoms with Crippen LogP contribution in [0.1, 0.15) is 5.56 Å². The van der Waals surface area contributed by atoms with E-state index in [-0.39, 0.29) is 5.82 Å². The Bertz CT molecular complexity index is 612. The van der Waals surface area contributed by atoms with Gasteiger partial charge in [-0.25, -0.2) is 4.39 Å². The molecule has 0 N–H and O–H groups in total. The van der Waals surface area contributed by atoms with Crippen LogP contribution in [0.5, 0.6) is 0 Å². The van der Waals surface area contributed by atoms with Crippen LogP contribution in [-0.2, 0) is 0 Å². The average Bonchev–Trinajstić information content (AvgIpc) is 2.33. The monoisotopic (exact) mass is 264 g/mol. The Morgan fingerprint density at radius 3 is 2.18 bits per heavy atom. The van der Waals surface area contributed by atoms with Crippen molar-refractivity contribution in [1.29, 1.82) is 0 Å². The molecular weight excluding hydrogens is 258 g/mol. The molecule has 2 rings (SSSR count). The number of benzene rings is 2. The predicted octanol–water partition coefficient (Wildman–Crippen LogP) is 4.78. The second kappa shape index (κ2) is 4.79. The molecule has 0 radical (unpaired) electrons. The lowest BCUT2D eigenvalue weighted by atomic mass is 10.0. The van der Waals surface area contributed by atoms with Gasteiger partial charge in [0.1, 0.15) is 5.82 Å². The summed E-state index contributed by atoms with van der Waals surface area (Å²) in [7, 11) is 0. The van der Waals surface area contributed by atoms with E-state index >= 15 is 0 Å². The summed E-state index contributed by atoms with van der Waals surface area (Å²) < 4.78 is 13.2. The number of hydrogen-bond donors (Lipinski definition) is 0. The highest BCUT2D eigenvalue weighted by Crippen LogP contribution is 2.34. The first kappa shape index (κ1) is 12.0. The maximum absolute atomic E-state index is 13.2. The molecule has 0 fully saturated rings. The quantitative estimate of drug-likeness (QED) is 0.651. The lowest BCUT2D eigenvalue weighted by molar-refractivity contribution is 0.628. The van der Waals surface area contributed by atoms with Gasteiger partial charge in [-0.2, -0.15) is 0 Å².